The van der Waals surface area contributed by atoms with E-state index in [0.29, 0.717) is 18.7 Å². The number of aryl methyl sites for hydroxylation is 1. The summed E-state index contributed by atoms with van der Waals surface area (Å²) in [5.74, 6) is -0.0178. The molecule has 1 amide bonds. The van der Waals surface area contributed by atoms with Crippen LogP contribution in [0.5, 0.6) is 0 Å². The van der Waals surface area contributed by atoms with Gasteiger partial charge in [-0.05, 0) is 23.3 Å². The van der Waals surface area contributed by atoms with Gasteiger partial charge in [0.05, 0.1) is 6.42 Å². The summed E-state index contributed by atoms with van der Waals surface area (Å²) in [4.78, 5) is 11.5. The first-order valence-electron chi connectivity index (χ1n) is 6.71. The standard InChI is InChI=1S/C16H18N4O/c1-18-16(21)8-13-5-3-4-6-15(13)19-10-12-7-14(9-17)20(2)11-12/h3-7,11,19H,8,10H2,1-2H3,(H,18,21). The lowest BCUT2D eigenvalue weighted by Crippen LogP contribution is -2.20. The number of hydrogen-bond acceptors (Lipinski definition) is 3. The maximum Gasteiger partial charge on any atom is 0.224 e. The number of carbonyl (C=O) groups excluding carboxylic acids is 1. The lowest BCUT2D eigenvalue weighted by Gasteiger charge is -2.11. The van der Waals surface area contributed by atoms with Gasteiger partial charge in [0.15, 0.2) is 0 Å². The first-order valence-corrected chi connectivity index (χ1v) is 6.71. The van der Waals surface area contributed by atoms with Crippen LogP contribution in [0.15, 0.2) is 36.5 Å². The fourth-order valence-electron chi connectivity index (χ4n) is 2.15. The zero-order chi connectivity index (χ0) is 15.2. The van der Waals surface area contributed by atoms with Crippen molar-refractivity contribution in [2.45, 2.75) is 13.0 Å². The molecule has 0 spiro atoms. The molecule has 0 unspecified atom stereocenters. The Morgan fingerprint density at radius 1 is 1.38 bits per heavy atom. The lowest BCUT2D eigenvalue weighted by molar-refractivity contribution is -0.119. The molecule has 5 heteroatoms. The van der Waals surface area contributed by atoms with E-state index >= 15 is 0 Å². The molecule has 1 aromatic heterocycles. The van der Waals surface area contributed by atoms with Gasteiger partial charge in [0, 0.05) is 32.5 Å². The van der Waals surface area contributed by atoms with Crippen LogP contribution in [0.25, 0.3) is 0 Å². The number of nitrogens with zero attached hydrogens (tertiary/aromatic N) is 2. The molecular formula is C16H18N4O. The first kappa shape index (κ1) is 14.7. The van der Waals surface area contributed by atoms with E-state index in [1.807, 2.05) is 43.6 Å². The third kappa shape index (κ3) is 3.63. The molecule has 2 N–H and O–H groups in total. The van der Waals surface area contributed by atoms with Crippen LogP contribution in [0.2, 0.25) is 0 Å². The van der Waals surface area contributed by atoms with Crippen molar-refractivity contribution >= 4 is 11.6 Å². The molecule has 5 nitrogen and oxygen atoms in total. The van der Waals surface area contributed by atoms with Crippen molar-refractivity contribution < 1.29 is 4.79 Å². The van der Waals surface area contributed by atoms with E-state index in [2.05, 4.69) is 16.7 Å². The van der Waals surface area contributed by atoms with E-state index in [4.69, 9.17) is 5.26 Å². The van der Waals surface area contributed by atoms with Crippen molar-refractivity contribution in [1.82, 2.24) is 9.88 Å². The number of likely N-dealkylation sites (N-methyl/N-ethyl adjacent to an activating group) is 1. The normalized spacial score (nSPS) is 9.95. The molecule has 0 saturated heterocycles. The summed E-state index contributed by atoms with van der Waals surface area (Å²) in [6, 6.07) is 11.7. The highest BCUT2D eigenvalue weighted by Crippen LogP contribution is 2.17. The van der Waals surface area contributed by atoms with Crippen LogP contribution in [-0.4, -0.2) is 17.5 Å². The number of benzene rings is 1. The van der Waals surface area contributed by atoms with Crippen LogP contribution in [0.1, 0.15) is 16.8 Å². The zero-order valence-corrected chi connectivity index (χ0v) is 12.2. The predicted molar refractivity (Wildman–Crippen MR) is 81.7 cm³/mol. The summed E-state index contributed by atoms with van der Waals surface area (Å²) in [5, 5.41) is 14.9. The number of carbonyl (C=O) groups is 1. The Morgan fingerprint density at radius 3 is 2.81 bits per heavy atom. The SMILES string of the molecule is CNC(=O)Cc1ccccc1NCc1cc(C#N)n(C)c1. The number of rotatable bonds is 5. The monoisotopic (exact) mass is 282 g/mol. The number of para-hydroxylation sites is 1. The Bertz CT molecular complexity index is 682. The molecule has 0 atom stereocenters. The van der Waals surface area contributed by atoms with E-state index in [1.54, 1.807) is 11.6 Å². The quantitative estimate of drug-likeness (QED) is 0.878. The second-order valence-electron chi connectivity index (χ2n) is 4.82. The van der Waals surface area contributed by atoms with Gasteiger partial charge in [-0.3, -0.25) is 4.79 Å². The number of nitriles is 1. The minimum absolute atomic E-state index is 0.0178. The van der Waals surface area contributed by atoms with Gasteiger partial charge in [0.25, 0.3) is 0 Å². The van der Waals surface area contributed by atoms with E-state index in [1.165, 1.54) is 0 Å². The van der Waals surface area contributed by atoms with E-state index in [0.717, 1.165) is 16.8 Å². The van der Waals surface area contributed by atoms with Crippen molar-refractivity contribution in [3.8, 4) is 6.07 Å². The fraction of sp³-hybridized carbons (Fsp3) is 0.250. The highest BCUT2D eigenvalue weighted by molar-refractivity contribution is 5.80. The van der Waals surface area contributed by atoms with Gasteiger partial charge >= 0.3 is 0 Å². The zero-order valence-electron chi connectivity index (χ0n) is 12.2. The van der Waals surface area contributed by atoms with Crippen molar-refractivity contribution in [2.24, 2.45) is 7.05 Å². The number of hydrogen-bond donors (Lipinski definition) is 2. The predicted octanol–water partition coefficient (Wildman–Crippen LogP) is 1.80. The van der Waals surface area contributed by atoms with E-state index in [9.17, 15) is 4.79 Å². The summed E-state index contributed by atoms with van der Waals surface area (Å²) < 4.78 is 1.80. The molecule has 0 aliphatic rings. The van der Waals surface area contributed by atoms with Crippen LogP contribution in [0, 0.1) is 11.3 Å². The maximum absolute atomic E-state index is 11.5. The van der Waals surface area contributed by atoms with Crippen LogP contribution < -0.4 is 10.6 Å². The highest BCUT2D eigenvalue weighted by atomic mass is 16.1. The largest absolute Gasteiger partial charge is 0.381 e. The van der Waals surface area contributed by atoms with Gasteiger partial charge in [0.2, 0.25) is 5.91 Å². The summed E-state index contributed by atoms with van der Waals surface area (Å²) in [6.07, 6.45) is 2.27. The average Bonchev–Trinajstić information content (AvgIpc) is 2.86. The third-order valence-corrected chi connectivity index (χ3v) is 3.31. The second kappa shape index (κ2) is 6.62. The molecule has 2 aromatic rings. The van der Waals surface area contributed by atoms with Crippen LogP contribution in [0.4, 0.5) is 5.69 Å². The van der Waals surface area contributed by atoms with Crippen molar-refractivity contribution in [3.63, 3.8) is 0 Å². The molecule has 108 valence electrons. The van der Waals surface area contributed by atoms with E-state index in [-0.39, 0.29) is 5.91 Å². The first-order chi connectivity index (χ1) is 10.1. The van der Waals surface area contributed by atoms with Crippen molar-refractivity contribution in [1.29, 1.82) is 5.26 Å². The number of aromatic nitrogens is 1. The van der Waals surface area contributed by atoms with Gasteiger partial charge in [-0.15, -0.1) is 0 Å². The molecule has 1 heterocycles. The maximum atomic E-state index is 11.5. The number of nitrogens with one attached hydrogen (secondary N) is 2. The summed E-state index contributed by atoms with van der Waals surface area (Å²) in [6.45, 7) is 0.611. The van der Waals surface area contributed by atoms with Gasteiger partial charge in [0.1, 0.15) is 11.8 Å². The van der Waals surface area contributed by atoms with Crippen molar-refractivity contribution in [2.75, 3.05) is 12.4 Å². The second-order valence-corrected chi connectivity index (χ2v) is 4.82. The van der Waals surface area contributed by atoms with Gasteiger partial charge in [-0.1, -0.05) is 18.2 Å². The van der Waals surface area contributed by atoms with Gasteiger partial charge in [-0.2, -0.15) is 5.26 Å². The topological polar surface area (TPSA) is 69.8 Å². The summed E-state index contributed by atoms with van der Waals surface area (Å²) in [7, 11) is 3.48. The molecule has 1 aromatic carbocycles. The van der Waals surface area contributed by atoms with Crippen LogP contribution in [-0.2, 0) is 24.8 Å². The molecule has 0 radical (unpaired) electrons. The Labute approximate surface area is 124 Å². The number of anilines is 1. The number of amides is 1. The summed E-state index contributed by atoms with van der Waals surface area (Å²) in [5.41, 5.74) is 3.55. The molecule has 2 rings (SSSR count). The lowest BCUT2D eigenvalue weighted by atomic mass is 10.1. The third-order valence-electron chi connectivity index (χ3n) is 3.31. The minimum Gasteiger partial charge on any atom is -0.381 e. The Balaban J connectivity index is 2.09. The Morgan fingerprint density at radius 2 is 2.14 bits per heavy atom. The van der Waals surface area contributed by atoms with Gasteiger partial charge in [-0.25, -0.2) is 0 Å². The molecule has 0 bridgehead atoms. The van der Waals surface area contributed by atoms with Gasteiger partial charge < -0.3 is 15.2 Å². The molecule has 0 saturated carbocycles. The molecular weight excluding hydrogens is 264 g/mol. The van der Waals surface area contributed by atoms with Crippen molar-refractivity contribution in [3.05, 3.63) is 53.3 Å². The molecule has 0 aliphatic carbocycles. The van der Waals surface area contributed by atoms with E-state index < -0.39 is 0 Å². The Kier molecular flexibility index (Phi) is 4.62. The minimum atomic E-state index is -0.0178. The summed E-state index contributed by atoms with van der Waals surface area (Å²) >= 11 is 0. The smallest absolute Gasteiger partial charge is 0.224 e. The molecule has 0 aliphatic heterocycles. The Hall–Kier alpha value is -2.74. The molecule has 0 fully saturated rings. The fourth-order valence-corrected chi connectivity index (χ4v) is 2.15. The highest BCUT2D eigenvalue weighted by Gasteiger charge is 2.07. The average molecular weight is 282 g/mol. The van der Waals surface area contributed by atoms with Crippen LogP contribution >= 0.6 is 0 Å². The van der Waals surface area contributed by atoms with Crippen LogP contribution in [0.3, 0.4) is 0 Å². The molecule has 21 heavy (non-hydrogen) atoms.